The summed E-state index contributed by atoms with van der Waals surface area (Å²) < 4.78 is 15.9. The number of halogens is 1. The molecular formula is C21H24FN3O. The van der Waals surface area contributed by atoms with Gasteiger partial charge in [0.25, 0.3) is 0 Å². The average molecular weight is 353 g/mol. The number of aryl methyl sites for hydroxylation is 1. The molecule has 2 aromatic heterocycles. The first-order valence-electron chi connectivity index (χ1n) is 8.97. The minimum absolute atomic E-state index is 0.0443. The fourth-order valence-electron chi connectivity index (χ4n) is 3.21. The quantitative estimate of drug-likeness (QED) is 0.721. The summed E-state index contributed by atoms with van der Waals surface area (Å²) in [6.07, 6.45) is 2.90. The summed E-state index contributed by atoms with van der Waals surface area (Å²) >= 11 is 0. The zero-order chi connectivity index (χ0) is 18.7. The first-order valence-corrected chi connectivity index (χ1v) is 8.97. The standard InChI is InChI=1S/C21H24FN3O/c1-4-14(2)24-21(26)12-18(16-8-6-9-17(22)11-16)19-13-23-20-10-5-7-15(3)25(19)20/h5-11,13-14,18H,4,12H2,1-3H3,(H,24,26)/t14-,18-/m0/s1. The molecule has 0 saturated carbocycles. The smallest absolute Gasteiger partial charge is 0.221 e. The maximum absolute atomic E-state index is 13.8. The van der Waals surface area contributed by atoms with Gasteiger partial charge in [0.2, 0.25) is 5.91 Å². The topological polar surface area (TPSA) is 46.4 Å². The van der Waals surface area contributed by atoms with E-state index in [9.17, 15) is 9.18 Å². The van der Waals surface area contributed by atoms with Gasteiger partial charge in [0.05, 0.1) is 5.69 Å². The summed E-state index contributed by atoms with van der Waals surface area (Å²) in [5.41, 5.74) is 3.51. The molecule has 2 atom stereocenters. The highest BCUT2D eigenvalue weighted by Gasteiger charge is 2.23. The number of amides is 1. The number of fused-ring (bicyclic) bond motifs is 1. The Bertz CT molecular complexity index is 919. The van der Waals surface area contributed by atoms with E-state index in [1.165, 1.54) is 12.1 Å². The molecule has 1 N–H and O–H groups in total. The van der Waals surface area contributed by atoms with Gasteiger partial charge >= 0.3 is 0 Å². The van der Waals surface area contributed by atoms with E-state index in [4.69, 9.17) is 0 Å². The number of aromatic nitrogens is 2. The number of hydrogen-bond donors (Lipinski definition) is 1. The number of carbonyl (C=O) groups excluding carboxylic acids is 1. The second kappa shape index (κ2) is 7.68. The monoisotopic (exact) mass is 353 g/mol. The fraction of sp³-hybridized carbons (Fsp3) is 0.333. The van der Waals surface area contributed by atoms with Crippen molar-refractivity contribution in [3.8, 4) is 0 Å². The third-order valence-electron chi connectivity index (χ3n) is 4.77. The zero-order valence-corrected chi connectivity index (χ0v) is 15.4. The Morgan fingerprint density at radius 2 is 2.04 bits per heavy atom. The number of hydrogen-bond acceptors (Lipinski definition) is 2. The Hall–Kier alpha value is -2.69. The average Bonchev–Trinajstić information content (AvgIpc) is 3.04. The molecule has 0 radical (unpaired) electrons. The second-order valence-corrected chi connectivity index (χ2v) is 6.73. The molecule has 2 heterocycles. The predicted molar refractivity (Wildman–Crippen MR) is 101 cm³/mol. The summed E-state index contributed by atoms with van der Waals surface area (Å²) in [7, 11) is 0. The molecule has 136 valence electrons. The third-order valence-corrected chi connectivity index (χ3v) is 4.77. The molecule has 5 heteroatoms. The highest BCUT2D eigenvalue weighted by atomic mass is 19.1. The number of nitrogens with one attached hydrogen (secondary N) is 1. The maximum atomic E-state index is 13.8. The van der Waals surface area contributed by atoms with Gasteiger partial charge in [-0.1, -0.05) is 25.1 Å². The van der Waals surface area contributed by atoms with Crippen LogP contribution in [0.25, 0.3) is 5.65 Å². The molecule has 0 aliphatic rings. The Labute approximate surface area is 153 Å². The van der Waals surface area contributed by atoms with Crippen molar-refractivity contribution in [1.29, 1.82) is 0 Å². The molecule has 0 bridgehead atoms. The van der Waals surface area contributed by atoms with Crippen molar-refractivity contribution in [1.82, 2.24) is 14.7 Å². The molecule has 4 nitrogen and oxygen atoms in total. The van der Waals surface area contributed by atoms with Crippen molar-refractivity contribution in [3.05, 3.63) is 71.4 Å². The minimum atomic E-state index is -0.305. The van der Waals surface area contributed by atoms with Crippen LogP contribution in [-0.2, 0) is 4.79 Å². The summed E-state index contributed by atoms with van der Waals surface area (Å²) in [6.45, 7) is 6.01. The predicted octanol–water partition coefficient (Wildman–Crippen LogP) is 4.22. The third kappa shape index (κ3) is 3.77. The lowest BCUT2D eigenvalue weighted by molar-refractivity contribution is -0.121. The van der Waals surface area contributed by atoms with E-state index in [-0.39, 0.29) is 30.1 Å². The molecule has 26 heavy (non-hydrogen) atoms. The van der Waals surface area contributed by atoms with Crippen molar-refractivity contribution < 1.29 is 9.18 Å². The van der Waals surface area contributed by atoms with Crippen molar-refractivity contribution in [2.45, 2.75) is 45.6 Å². The molecular weight excluding hydrogens is 329 g/mol. The first-order chi connectivity index (χ1) is 12.5. The van der Waals surface area contributed by atoms with Crippen LogP contribution in [0.4, 0.5) is 4.39 Å². The number of carbonyl (C=O) groups is 1. The normalized spacial score (nSPS) is 13.5. The van der Waals surface area contributed by atoms with Gasteiger partial charge in [-0.3, -0.25) is 4.79 Å². The molecule has 3 aromatic rings. The van der Waals surface area contributed by atoms with Gasteiger partial charge in [0.15, 0.2) is 0 Å². The van der Waals surface area contributed by atoms with Gasteiger partial charge in [-0.25, -0.2) is 9.37 Å². The van der Waals surface area contributed by atoms with E-state index < -0.39 is 0 Å². The van der Waals surface area contributed by atoms with Crippen LogP contribution in [-0.4, -0.2) is 21.3 Å². The molecule has 1 aromatic carbocycles. The Kier molecular flexibility index (Phi) is 5.35. The lowest BCUT2D eigenvalue weighted by Crippen LogP contribution is -2.33. The molecule has 1 amide bonds. The number of benzene rings is 1. The summed E-state index contributed by atoms with van der Waals surface area (Å²) in [5, 5.41) is 3.01. The van der Waals surface area contributed by atoms with Crippen molar-refractivity contribution >= 4 is 11.6 Å². The number of rotatable bonds is 6. The van der Waals surface area contributed by atoms with Gasteiger partial charge in [0.1, 0.15) is 11.5 Å². The molecule has 0 spiro atoms. The molecule has 0 unspecified atom stereocenters. The zero-order valence-electron chi connectivity index (χ0n) is 15.4. The van der Waals surface area contributed by atoms with Crippen LogP contribution >= 0.6 is 0 Å². The molecule has 0 aliphatic heterocycles. The minimum Gasteiger partial charge on any atom is -0.354 e. The maximum Gasteiger partial charge on any atom is 0.221 e. The summed E-state index contributed by atoms with van der Waals surface area (Å²) in [5.74, 6) is -0.622. The molecule has 0 saturated heterocycles. The van der Waals surface area contributed by atoms with E-state index in [0.29, 0.717) is 0 Å². The number of pyridine rings is 1. The van der Waals surface area contributed by atoms with E-state index >= 15 is 0 Å². The fourth-order valence-corrected chi connectivity index (χ4v) is 3.21. The van der Waals surface area contributed by atoms with Crippen LogP contribution in [0.5, 0.6) is 0 Å². The highest BCUT2D eigenvalue weighted by molar-refractivity contribution is 5.77. The van der Waals surface area contributed by atoms with E-state index in [1.807, 2.05) is 49.4 Å². The number of nitrogens with zero attached hydrogens (tertiary/aromatic N) is 2. The van der Waals surface area contributed by atoms with Gasteiger partial charge in [-0.15, -0.1) is 0 Å². The van der Waals surface area contributed by atoms with Crippen LogP contribution in [0.3, 0.4) is 0 Å². The molecule has 0 aliphatic carbocycles. The molecule has 3 rings (SSSR count). The van der Waals surface area contributed by atoms with Gasteiger partial charge in [-0.2, -0.15) is 0 Å². The molecule has 0 fully saturated rings. The van der Waals surface area contributed by atoms with Crippen LogP contribution < -0.4 is 5.32 Å². The summed E-state index contributed by atoms with van der Waals surface area (Å²) in [4.78, 5) is 17.0. The Morgan fingerprint density at radius 1 is 1.27 bits per heavy atom. The van der Waals surface area contributed by atoms with Crippen LogP contribution in [0.1, 0.15) is 49.6 Å². The van der Waals surface area contributed by atoms with Crippen molar-refractivity contribution in [3.63, 3.8) is 0 Å². The van der Waals surface area contributed by atoms with Crippen molar-refractivity contribution in [2.24, 2.45) is 0 Å². The van der Waals surface area contributed by atoms with Gasteiger partial charge in [0, 0.05) is 30.3 Å². The Morgan fingerprint density at radius 3 is 2.77 bits per heavy atom. The van der Waals surface area contributed by atoms with Crippen molar-refractivity contribution in [2.75, 3.05) is 0 Å². The largest absolute Gasteiger partial charge is 0.354 e. The highest BCUT2D eigenvalue weighted by Crippen LogP contribution is 2.30. The van der Waals surface area contributed by atoms with E-state index in [0.717, 1.165) is 29.0 Å². The van der Waals surface area contributed by atoms with E-state index in [2.05, 4.69) is 10.3 Å². The lowest BCUT2D eigenvalue weighted by atomic mass is 9.92. The van der Waals surface area contributed by atoms with Gasteiger partial charge < -0.3 is 9.72 Å². The number of imidazole rings is 1. The van der Waals surface area contributed by atoms with Gasteiger partial charge in [-0.05, 0) is 50.1 Å². The summed E-state index contributed by atoms with van der Waals surface area (Å²) in [6, 6.07) is 12.5. The van der Waals surface area contributed by atoms with Crippen LogP contribution in [0, 0.1) is 12.7 Å². The van der Waals surface area contributed by atoms with E-state index in [1.54, 1.807) is 12.3 Å². The first kappa shape index (κ1) is 18.1. The Balaban J connectivity index is 2.04. The lowest BCUT2D eigenvalue weighted by Gasteiger charge is -2.20. The SMILES string of the molecule is CC[C@H](C)NC(=O)C[C@@H](c1cccc(F)c1)c1cnc2cccc(C)n12. The van der Waals surface area contributed by atoms with Crippen LogP contribution in [0.2, 0.25) is 0 Å². The van der Waals surface area contributed by atoms with Crippen LogP contribution in [0.15, 0.2) is 48.7 Å². The second-order valence-electron chi connectivity index (χ2n) is 6.73.